The van der Waals surface area contributed by atoms with Gasteiger partial charge >= 0.3 is 0 Å². The van der Waals surface area contributed by atoms with E-state index in [1.807, 2.05) is 31.2 Å². The highest BCUT2D eigenvalue weighted by Crippen LogP contribution is 2.23. The molecule has 0 aliphatic carbocycles. The lowest BCUT2D eigenvalue weighted by molar-refractivity contribution is -0.115. The quantitative estimate of drug-likeness (QED) is 0.313. The van der Waals surface area contributed by atoms with Crippen LogP contribution in [0, 0.1) is 12.7 Å². The second-order valence-electron chi connectivity index (χ2n) is 7.09. The highest BCUT2D eigenvalue weighted by Gasteiger charge is 2.17. The van der Waals surface area contributed by atoms with E-state index in [1.54, 1.807) is 41.6 Å². The minimum absolute atomic E-state index is 0.0522. The van der Waals surface area contributed by atoms with E-state index in [0.717, 1.165) is 11.3 Å². The van der Waals surface area contributed by atoms with Gasteiger partial charge in [0.15, 0.2) is 5.16 Å². The summed E-state index contributed by atoms with van der Waals surface area (Å²) in [6.07, 6.45) is 0. The maximum atomic E-state index is 14.2. The van der Waals surface area contributed by atoms with Crippen LogP contribution in [0.3, 0.4) is 0 Å². The van der Waals surface area contributed by atoms with Crippen molar-refractivity contribution >= 4 is 44.9 Å². The number of rotatable bonds is 6. The Morgan fingerprint density at radius 1 is 1.19 bits per heavy atom. The molecule has 5 nitrogen and oxygen atoms in total. The van der Waals surface area contributed by atoms with Crippen LogP contribution in [0.4, 0.5) is 10.1 Å². The number of benzene rings is 2. The largest absolute Gasteiger partial charge is 0.315 e. The van der Waals surface area contributed by atoms with Crippen molar-refractivity contribution in [2.75, 3.05) is 17.7 Å². The predicted octanol–water partition coefficient (Wildman–Crippen LogP) is 4.71. The fraction of sp³-hybridized carbons (Fsp3) is 0.174. The molecule has 158 valence electrons. The van der Waals surface area contributed by atoms with Gasteiger partial charge in [0.1, 0.15) is 10.5 Å². The molecule has 4 aromatic rings. The van der Waals surface area contributed by atoms with Crippen LogP contribution in [0.15, 0.2) is 69.9 Å². The van der Waals surface area contributed by atoms with Crippen molar-refractivity contribution in [1.82, 2.24) is 9.55 Å². The van der Waals surface area contributed by atoms with Crippen molar-refractivity contribution in [3.05, 3.63) is 87.3 Å². The predicted molar refractivity (Wildman–Crippen MR) is 125 cm³/mol. The summed E-state index contributed by atoms with van der Waals surface area (Å²) in [4.78, 5) is 32.0. The summed E-state index contributed by atoms with van der Waals surface area (Å²) in [6.45, 7) is 2.02. The first-order valence-electron chi connectivity index (χ1n) is 9.61. The van der Waals surface area contributed by atoms with Crippen molar-refractivity contribution in [3.63, 3.8) is 0 Å². The zero-order chi connectivity index (χ0) is 22.0. The van der Waals surface area contributed by atoms with Gasteiger partial charge in [-0.1, -0.05) is 42.1 Å². The number of nitrogens with zero attached hydrogens (tertiary/aromatic N) is 3. The van der Waals surface area contributed by atoms with Crippen LogP contribution in [0.1, 0.15) is 11.1 Å². The van der Waals surface area contributed by atoms with Crippen molar-refractivity contribution in [2.24, 2.45) is 0 Å². The first kappa shape index (κ1) is 21.3. The number of thioether (sulfide) groups is 1. The molecule has 0 spiro atoms. The topological polar surface area (TPSA) is 55.2 Å². The van der Waals surface area contributed by atoms with Gasteiger partial charge in [-0.05, 0) is 42.1 Å². The molecule has 4 rings (SSSR count). The molecule has 2 aromatic heterocycles. The molecule has 0 saturated carbocycles. The van der Waals surface area contributed by atoms with Crippen molar-refractivity contribution in [1.29, 1.82) is 0 Å². The maximum Gasteiger partial charge on any atom is 0.272 e. The summed E-state index contributed by atoms with van der Waals surface area (Å²) in [6, 6.07) is 15.8. The number of anilines is 1. The Balaban J connectivity index is 1.63. The molecule has 2 heterocycles. The standard InChI is InChI=1S/C23H20FN3O2S2/c1-15-6-5-8-17(12-15)26(2)20(28)14-31-23-25-19-10-11-30-21(19)22(29)27(23)13-16-7-3-4-9-18(16)24/h3-12H,13-14H2,1-2H3. The lowest BCUT2D eigenvalue weighted by atomic mass is 10.2. The first-order chi connectivity index (χ1) is 14.9. The third-order valence-corrected chi connectivity index (χ3v) is 6.76. The Bertz CT molecular complexity index is 1320. The summed E-state index contributed by atoms with van der Waals surface area (Å²) in [7, 11) is 1.72. The maximum absolute atomic E-state index is 14.2. The summed E-state index contributed by atoms with van der Waals surface area (Å²) in [5.74, 6) is -0.399. The van der Waals surface area contributed by atoms with Gasteiger partial charge in [0.05, 0.1) is 17.8 Å². The lowest BCUT2D eigenvalue weighted by Crippen LogP contribution is -2.29. The van der Waals surface area contributed by atoms with Crippen LogP contribution in [-0.2, 0) is 11.3 Å². The van der Waals surface area contributed by atoms with Crippen molar-refractivity contribution in [3.8, 4) is 0 Å². The van der Waals surface area contributed by atoms with E-state index in [0.29, 0.717) is 20.9 Å². The van der Waals surface area contributed by atoms with E-state index < -0.39 is 0 Å². The number of hydrogen-bond acceptors (Lipinski definition) is 5. The van der Waals surface area contributed by atoms with Crippen LogP contribution in [0.5, 0.6) is 0 Å². The van der Waals surface area contributed by atoms with Gasteiger partial charge in [-0.2, -0.15) is 0 Å². The van der Waals surface area contributed by atoms with Gasteiger partial charge in [-0.15, -0.1) is 11.3 Å². The number of aromatic nitrogens is 2. The van der Waals surface area contributed by atoms with Gasteiger partial charge < -0.3 is 4.90 Å². The van der Waals surface area contributed by atoms with Gasteiger partial charge in [0, 0.05) is 18.3 Å². The second kappa shape index (κ2) is 9.03. The minimum atomic E-state index is -0.383. The average molecular weight is 454 g/mol. The molecule has 0 aliphatic rings. The molecule has 0 aliphatic heterocycles. The third-order valence-electron chi connectivity index (χ3n) is 4.90. The molecule has 0 unspecified atom stereocenters. The summed E-state index contributed by atoms with van der Waals surface area (Å²) in [5.41, 5.74) is 2.61. The van der Waals surface area contributed by atoms with E-state index in [4.69, 9.17) is 0 Å². The number of hydrogen-bond donors (Lipinski definition) is 0. The van der Waals surface area contributed by atoms with E-state index in [2.05, 4.69) is 4.98 Å². The number of carbonyl (C=O) groups excluding carboxylic acids is 1. The SMILES string of the molecule is Cc1cccc(N(C)C(=O)CSc2nc3ccsc3c(=O)n2Cc2ccccc2F)c1. The van der Waals surface area contributed by atoms with E-state index >= 15 is 0 Å². The Morgan fingerprint density at radius 3 is 2.77 bits per heavy atom. The van der Waals surface area contributed by atoms with E-state index in [9.17, 15) is 14.0 Å². The Kier molecular flexibility index (Phi) is 6.20. The number of aryl methyl sites for hydroxylation is 1. The summed E-state index contributed by atoms with van der Waals surface area (Å²) in [5, 5.41) is 2.20. The van der Waals surface area contributed by atoms with Crippen LogP contribution in [-0.4, -0.2) is 28.3 Å². The lowest BCUT2D eigenvalue weighted by Gasteiger charge is -2.18. The molecule has 31 heavy (non-hydrogen) atoms. The number of halogens is 1. The molecule has 1 amide bonds. The second-order valence-corrected chi connectivity index (χ2v) is 8.95. The monoisotopic (exact) mass is 453 g/mol. The van der Waals surface area contributed by atoms with E-state index in [-0.39, 0.29) is 29.6 Å². The Hall–Kier alpha value is -2.97. The third kappa shape index (κ3) is 4.55. The van der Waals surface area contributed by atoms with Crippen molar-refractivity contribution in [2.45, 2.75) is 18.6 Å². The van der Waals surface area contributed by atoms with Crippen molar-refractivity contribution < 1.29 is 9.18 Å². The summed E-state index contributed by atoms with van der Waals surface area (Å²) < 4.78 is 16.2. The fourth-order valence-corrected chi connectivity index (χ4v) is 4.86. The van der Waals surface area contributed by atoms with Gasteiger partial charge in [0.25, 0.3) is 5.56 Å². The van der Waals surface area contributed by atoms with Gasteiger partial charge in [-0.3, -0.25) is 14.2 Å². The Labute approximate surface area is 187 Å². The molecule has 0 radical (unpaired) electrons. The molecule has 8 heteroatoms. The highest BCUT2D eigenvalue weighted by atomic mass is 32.2. The minimum Gasteiger partial charge on any atom is -0.315 e. The van der Waals surface area contributed by atoms with Gasteiger partial charge in [-0.25, -0.2) is 9.37 Å². The molecule has 0 N–H and O–H groups in total. The normalized spacial score (nSPS) is 11.1. The van der Waals surface area contributed by atoms with Gasteiger partial charge in [0.2, 0.25) is 5.91 Å². The molecular formula is C23H20FN3O2S2. The first-order valence-corrected chi connectivity index (χ1v) is 11.5. The molecule has 0 fully saturated rings. The molecular weight excluding hydrogens is 433 g/mol. The number of thiophene rings is 1. The fourth-order valence-electron chi connectivity index (χ4n) is 3.17. The average Bonchev–Trinajstić information content (AvgIpc) is 3.24. The van der Waals surface area contributed by atoms with E-state index in [1.165, 1.54) is 33.7 Å². The molecule has 0 bridgehead atoms. The van der Waals surface area contributed by atoms with Crippen LogP contribution < -0.4 is 10.5 Å². The van der Waals surface area contributed by atoms with Crippen LogP contribution in [0.25, 0.3) is 10.2 Å². The highest BCUT2D eigenvalue weighted by molar-refractivity contribution is 7.99. The number of fused-ring (bicyclic) bond motifs is 1. The number of amides is 1. The van der Waals surface area contributed by atoms with Crippen LogP contribution >= 0.6 is 23.1 Å². The Morgan fingerprint density at radius 2 is 2.00 bits per heavy atom. The summed E-state index contributed by atoms with van der Waals surface area (Å²) >= 11 is 2.49. The molecule has 0 saturated heterocycles. The zero-order valence-electron chi connectivity index (χ0n) is 17.0. The smallest absolute Gasteiger partial charge is 0.272 e. The zero-order valence-corrected chi connectivity index (χ0v) is 18.7. The molecule has 0 atom stereocenters. The van der Waals surface area contributed by atoms with Crippen LogP contribution in [0.2, 0.25) is 0 Å². The molecule has 2 aromatic carbocycles. The number of carbonyl (C=O) groups is 1.